The molecule has 1 heterocycles. The highest BCUT2D eigenvalue weighted by Gasteiger charge is 2.05. The fourth-order valence-corrected chi connectivity index (χ4v) is 1.50. The van der Waals surface area contributed by atoms with E-state index in [9.17, 15) is 4.79 Å². The molecular formula is C13H14N2O. The average Bonchev–Trinajstić information content (AvgIpc) is 2.36. The summed E-state index contributed by atoms with van der Waals surface area (Å²) in [4.78, 5) is 11.4. The average molecular weight is 214 g/mol. The molecule has 0 atom stereocenters. The highest BCUT2D eigenvalue weighted by atomic mass is 16.1. The minimum atomic E-state index is -0.206. The number of fused-ring (bicyclic) bond motifs is 1. The van der Waals surface area contributed by atoms with E-state index in [-0.39, 0.29) is 5.56 Å². The molecule has 0 amide bonds. The number of nitrogens with zero attached hydrogens (tertiary/aromatic N) is 1. The molecule has 0 radical (unpaired) electrons. The van der Waals surface area contributed by atoms with Gasteiger partial charge in [0.1, 0.15) is 0 Å². The Kier molecular flexibility index (Phi) is 3.84. The topological polar surface area (TPSA) is 45.8 Å². The second-order valence-electron chi connectivity index (χ2n) is 3.01. The van der Waals surface area contributed by atoms with E-state index in [1.165, 1.54) is 0 Å². The molecule has 1 aromatic carbocycles. The first kappa shape index (κ1) is 12.0. The predicted octanol–water partition coefficient (Wildman–Crippen LogP) is 2.24. The van der Waals surface area contributed by atoms with Crippen molar-refractivity contribution in [3.8, 4) is 12.3 Å². The van der Waals surface area contributed by atoms with Crippen LogP contribution in [0.25, 0.3) is 10.8 Å². The van der Waals surface area contributed by atoms with Crippen LogP contribution in [0, 0.1) is 19.3 Å². The summed E-state index contributed by atoms with van der Waals surface area (Å²) in [6.07, 6.45) is 5.34. The number of hydrogen-bond donors (Lipinski definition) is 1. The van der Waals surface area contributed by atoms with E-state index < -0.39 is 0 Å². The summed E-state index contributed by atoms with van der Waals surface area (Å²) in [5.74, 6) is 2.55. The molecule has 0 spiro atoms. The Morgan fingerprint density at radius 3 is 2.69 bits per heavy atom. The van der Waals surface area contributed by atoms with Gasteiger partial charge in [0.05, 0.1) is 11.1 Å². The first-order valence-electron chi connectivity index (χ1n) is 5.18. The molecule has 1 N–H and O–H groups in total. The molecule has 0 unspecified atom stereocenters. The number of rotatable bonds is 0. The molecule has 1 aromatic heterocycles. The molecule has 3 nitrogen and oxygen atoms in total. The van der Waals surface area contributed by atoms with Crippen molar-refractivity contribution in [2.45, 2.75) is 20.8 Å². The standard InChI is InChI=1S/C11H8N2O.C2H6/c1-3-8-5-4-6-9-10(8)7(2)12-13-11(9)14;1-2/h1,4-6H,2H3,(H,13,14);1-2H3. The fourth-order valence-electron chi connectivity index (χ4n) is 1.50. The first-order valence-corrected chi connectivity index (χ1v) is 5.18. The zero-order chi connectivity index (χ0) is 12.1. The zero-order valence-corrected chi connectivity index (χ0v) is 9.66. The van der Waals surface area contributed by atoms with Crippen LogP contribution in [0.5, 0.6) is 0 Å². The molecule has 0 aliphatic heterocycles. The van der Waals surface area contributed by atoms with Gasteiger partial charge in [0, 0.05) is 10.9 Å². The molecule has 3 heteroatoms. The molecule has 2 rings (SSSR count). The Morgan fingerprint density at radius 1 is 1.38 bits per heavy atom. The van der Waals surface area contributed by atoms with Gasteiger partial charge in [0.15, 0.2) is 0 Å². The molecule has 2 aromatic rings. The zero-order valence-electron chi connectivity index (χ0n) is 9.66. The van der Waals surface area contributed by atoms with Gasteiger partial charge in [-0.15, -0.1) is 6.42 Å². The van der Waals surface area contributed by atoms with Crippen molar-refractivity contribution in [1.29, 1.82) is 0 Å². The molecule has 16 heavy (non-hydrogen) atoms. The lowest BCUT2D eigenvalue weighted by atomic mass is 10.1. The minimum Gasteiger partial charge on any atom is -0.267 e. The number of hydrogen-bond acceptors (Lipinski definition) is 2. The largest absolute Gasteiger partial charge is 0.272 e. The van der Waals surface area contributed by atoms with E-state index in [1.54, 1.807) is 18.2 Å². The van der Waals surface area contributed by atoms with E-state index in [2.05, 4.69) is 16.1 Å². The number of aromatic nitrogens is 2. The number of nitrogens with one attached hydrogen (secondary N) is 1. The van der Waals surface area contributed by atoms with Crippen molar-refractivity contribution >= 4 is 10.8 Å². The molecule has 0 saturated carbocycles. The fraction of sp³-hybridized carbons (Fsp3) is 0.231. The Morgan fingerprint density at radius 2 is 2.06 bits per heavy atom. The van der Waals surface area contributed by atoms with Crippen molar-refractivity contribution in [3.05, 3.63) is 39.8 Å². The van der Waals surface area contributed by atoms with Crippen molar-refractivity contribution in [2.24, 2.45) is 0 Å². The van der Waals surface area contributed by atoms with Crippen molar-refractivity contribution in [3.63, 3.8) is 0 Å². The maximum atomic E-state index is 11.4. The van der Waals surface area contributed by atoms with E-state index in [0.29, 0.717) is 10.9 Å². The number of benzene rings is 1. The third-order valence-corrected chi connectivity index (χ3v) is 2.15. The van der Waals surface area contributed by atoms with Crippen molar-refractivity contribution in [1.82, 2.24) is 10.2 Å². The van der Waals surface area contributed by atoms with Gasteiger partial charge in [-0.2, -0.15) is 5.10 Å². The maximum Gasteiger partial charge on any atom is 0.272 e. The quantitative estimate of drug-likeness (QED) is 0.683. The summed E-state index contributed by atoms with van der Waals surface area (Å²) < 4.78 is 0. The molecule has 0 saturated heterocycles. The SMILES string of the molecule is C#Cc1cccc2c(=O)[nH]nc(C)c12.CC. The van der Waals surface area contributed by atoms with Crippen LogP contribution < -0.4 is 5.56 Å². The Hall–Kier alpha value is -2.08. The van der Waals surface area contributed by atoms with Gasteiger partial charge >= 0.3 is 0 Å². The Bertz CT molecular complexity index is 591. The van der Waals surface area contributed by atoms with Crippen LogP contribution in [-0.2, 0) is 0 Å². The molecule has 0 aliphatic rings. The van der Waals surface area contributed by atoms with E-state index in [4.69, 9.17) is 6.42 Å². The second kappa shape index (κ2) is 5.13. The lowest BCUT2D eigenvalue weighted by molar-refractivity contribution is 0.970. The van der Waals surface area contributed by atoms with Gasteiger partial charge in [0.2, 0.25) is 0 Å². The Labute approximate surface area is 94.5 Å². The number of aryl methyl sites for hydroxylation is 1. The maximum absolute atomic E-state index is 11.4. The van der Waals surface area contributed by atoms with Gasteiger partial charge in [-0.05, 0) is 19.1 Å². The third kappa shape index (κ3) is 1.96. The van der Waals surface area contributed by atoms with Crippen molar-refractivity contribution in [2.75, 3.05) is 0 Å². The number of aromatic amines is 1. The summed E-state index contributed by atoms with van der Waals surface area (Å²) in [5.41, 5.74) is 1.24. The molecular weight excluding hydrogens is 200 g/mol. The number of terminal acetylenes is 1. The summed E-state index contributed by atoms with van der Waals surface area (Å²) in [7, 11) is 0. The first-order chi connectivity index (χ1) is 7.74. The summed E-state index contributed by atoms with van der Waals surface area (Å²) in [5, 5.41) is 7.66. The second-order valence-corrected chi connectivity index (χ2v) is 3.01. The normalized spacial score (nSPS) is 9.12. The van der Waals surface area contributed by atoms with E-state index >= 15 is 0 Å². The lowest BCUT2D eigenvalue weighted by Gasteiger charge is -2.01. The molecule has 82 valence electrons. The molecule has 0 fully saturated rings. The van der Waals surface area contributed by atoms with Gasteiger partial charge < -0.3 is 0 Å². The highest BCUT2D eigenvalue weighted by molar-refractivity contribution is 5.88. The monoisotopic (exact) mass is 214 g/mol. The lowest BCUT2D eigenvalue weighted by Crippen LogP contribution is -2.10. The minimum absolute atomic E-state index is 0.206. The van der Waals surface area contributed by atoms with Crippen LogP contribution in [0.1, 0.15) is 25.1 Å². The van der Waals surface area contributed by atoms with E-state index in [0.717, 1.165) is 11.1 Å². The van der Waals surface area contributed by atoms with Gasteiger partial charge in [0.25, 0.3) is 5.56 Å². The van der Waals surface area contributed by atoms with Crippen molar-refractivity contribution < 1.29 is 0 Å². The predicted molar refractivity (Wildman–Crippen MR) is 66.4 cm³/mol. The van der Waals surface area contributed by atoms with Crippen LogP contribution in [0.3, 0.4) is 0 Å². The summed E-state index contributed by atoms with van der Waals surface area (Å²) >= 11 is 0. The molecule has 0 aliphatic carbocycles. The number of H-pyrrole nitrogens is 1. The smallest absolute Gasteiger partial charge is 0.267 e. The van der Waals surface area contributed by atoms with Crippen LogP contribution in [-0.4, -0.2) is 10.2 Å². The van der Waals surface area contributed by atoms with Gasteiger partial charge in [-0.1, -0.05) is 25.8 Å². The molecule has 0 bridgehead atoms. The summed E-state index contributed by atoms with van der Waals surface area (Å²) in [6.45, 7) is 5.82. The third-order valence-electron chi connectivity index (χ3n) is 2.15. The highest BCUT2D eigenvalue weighted by Crippen LogP contribution is 2.16. The van der Waals surface area contributed by atoms with E-state index in [1.807, 2.05) is 20.8 Å². The van der Waals surface area contributed by atoms with Gasteiger partial charge in [-0.25, -0.2) is 5.10 Å². The van der Waals surface area contributed by atoms with Crippen LogP contribution >= 0.6 is 0 Å². The van der Waals surface area contributed by atoms with Gasteiger partial charge in [-0.3, -0.25) is 4.79 Å². The van der Waals surface area contributed by atoms with Crippen LogP contribution in [0.4, 0.5) is 0 Å². The van der Waals surface area contributed by atoms with Crippen LogP contribution in [0.2, 0.25) is 0 Å². The summed E-state index contributed by atoms with van der Waals surface area (Å²) in [6, 6.07) is 5.31. The van der Waals surface area contributed by atoms with Crippen LogP contribution in [0.15, 0.2) is 23.0 Å². The Balaban J connectivity index is 0.000000606.